The molecule has 110 valence electrons. The summed E-state index contributed by atoms with van der Waals surface area (Å²) in [5.74, 6) is 0.762. The number of anilines is 1. The summed E-state index contributed by atoms with van der Waals surface area (Å²) in [6.45, 7) is 3.61. The molecule has 3 aliphatic heterocycles. The summed E-state index contributed by atoms with van der Waals surface area (Å²) in [7, 11) is 0. The molecule has 0 saturated carbocycles. The van der Waals surface area contributed by atoms with E-state index in [0.29, 0.717) is 11.1 Å². The van der Waals surface area contributed by atoms with Gasteiger partial charge in [0.25, 0.3) is 0 Å². The number of para-hydroxylation sites is 1. The second-order valence-electron chi connectivity index (χ2n) is 5.86. The van der Waals surface area contributed by atoms with E-state index in [1.807, 2.05) is 12.1 Å². The Labute approximate surface area is 128 Å². The van der Waals surface area contributed by atoms with Crippen LogP contribution in [0, 0.1) is 5.92 Å². The number of fused-ring (bicyclic) bond motifs is 3. The Morgan fingerprint density at radius 1 is 1.24 bits per heavy atom. The van der Waals surface area contributed by atoms with Crippen molar-refractivity contribution in [3.05, 3.63) is 35.9 Å². The van der Waals surface area contributed by atoms with Gasteiger partial charge < -0.3 is 10.2 Å². The summed E-state index contributed by atoms with van der Waals surface area (Å²) < 4.78 is 1.73. The van der Waals surface area contributed by atoms with Gasteiger partial charge in [0.2, 0.25) is 0 Å². The lowest BCUT2D eigenvalue weighted by Gasteiger charge is -2.45. The molecule has 1 aromatic carbocycles. The summed E-state index contributed by atoms with van der Waals surface area (Å²) in [4.78, 5) is 6.56. The first-order chi connectivity index (χ1) is 10.3. The van der Waals surface area contributed by atoms with E-state index in [4.69, 9.17) is 11.6 Å². The molecule has 2 aromatic rings. The zero-order chi connectivity index (χ0) is 14.2. The molecule has 21 heavy (non-hydrogen) atoms. The maximum absolute atomic E-state index is 6.38. The van der Waals surface area contributed by atoms with Crippen LogP contribution in [-0.2, 0) is 0 Å². The second-order valence-corrected chi connectivity index (χ2v) is 6.27. The largest absolute Gasteiger partial charge is 0.379 e. The summed E-state index contributed by atoms with van der Waals surface area (Å²) in [5.41, 5.74) is 1.92. The van der Waals surface area contributed by atoms with Crippen LogP contribution in [0.5, 0.6) is 0 Å². The van der Waals surface area contributed by atoms with Crippen LogP contribution in [0.15, 0.2) is 30.9 Å². The molecule has 3 fully saturated rings. The van der Waals surface area contributed by atoms with Gasteiger partial charge in [0.05, 0.1) is 10.7 Å². The van der Waals surface area contributed by atoms with Gasteiger partial charge in [-0.15, -0.1) is 0 Å². The number of hydrogen-bond acceptors (Lipinski definition) is 4. The molecule has 1 unspecified atom stereocenters. The number of piperidine rings is 3. The number of halogens is 1. The van der Waals surface area contributed by atoms with Crippen molar-refractivity contribution in [2.24, 2.45) is 5.92 Å². The number of hydrogen-bond donors (Lipinski definition) is 1. The van der Waals surface area contributed by atoms with E-state index in [9.17, 15) is 0 Å². The van der Waals surface area contributed by atoms with Crippen LogP contribution >= 0.6 is 11.6 Å². The Morgan fingerprint density at radius 2 is 2.10 bits per heavy atom. The van der Waals surface area contributed by atoms with Gasteiger partial charge >= 0.3 is 0 Å². The molecule has 3 aliphatic rings. The molecule has 1 N–H and O–H groups in total. The van der Waals surface area contributed by atoms with Crippen LogP contribution in [-0.4, -0.2) is 45.3 Å². The molecule has 5 nitrogen and oxygen atoms in total. The minimum atomic E-state index is 0.494. The molecule has 0 spiro atoms. The highest BCUT2D eigenvalue weighted by Gasteiger charge is 2.34. The van der Waals surface area contributed by atoms with Crippen LogP contribution in [0.4, 0.5) is 5.69 Å². The van der Waals surface area contributed by atoms with Crippen molar-refractivity contribution in [3.63, 3.8) is 0 Å². The Bertz CT molecular complexity index is 619. The predicted octanol–water partition coefficient (Wildman–Crippen LogP) is 2.43. The van der Waals surface area contributed by atoms with E-state index in [1.165, 1.54) is 32.3 Å². The van der Waals surface area contributed by atoms with E-state index in [2.05, 4.69) is 26.4 Å². The Kier molecular flexibility index (Phi) is 3.31. The molecular weight excluding hydrogens is 286 g/mol. The first kappa shape index (κ1) is 13.1. The molecule has 1 atom stereocenters. The number of nitrogens with one attached hydrogen (secondary N) is 1. The maximum atomic E-state index is 6.38. The van der Waals surface area contributed by atoms with E-state index >= 15 is 0 Å². The Morgan fingerprint density at radius 3 is 2.76 bits per heavy atom. The zero-order valence-electron chi connectivity index (χ0n) is 11.7. The second kappa shape index (κ2) is 5.31. The summed E-state index contributed by atoms with van der Waals surface area (Å²) in [6, 6.07) is 6.43. The molecule has 0 aliphatic carbocycles. The fraction of sp³-hybridized carbons (Fsp3) is 0.467. The molecule has 0 radical (unpaired) electrons. The smallest absolute Gasteiger partial charge is 0.138 e. The number of nitrogens with zero attached hydrogens (tertiary/aromatic N) is 4. The van der Waals surface area contributed by atoms with E-state index in [1.54, 1.807) is 11.0 Å². The number of aromatic nitrogens is 3. The normalized spacial score (nSPS) is 27.8. The first-order valence-electron chi connectivity index (χ1n) is 7.43. The quantitative estimate of drug-likeness (QED) is 0.946. The highest BCUT2D eigenvalue weighted by atomic mass is 35.5. The summed E-state index contributed by atoms with van der Waals surface area (Å²) >= 11 is 6.38. The minimum absolute atomic E-state index is 0.494. The molecule has 2 bridgehead atoms. The van der Waals surface area contributed by atoms with Crippen LogP contribution in [0.1, 0.15) is 12.8 Å². The van der Waals surface area contributed by atoms with Gasteiger partial charge in [-0.1, -0.05) is 17.7 Å². The van der Waals surface area contributed by atoms with Gasteiger partial charge in [-0.3, -0.25) is 0 Å². The third-order valence-corrected chi connectivity index (χ3v) is 4.94. The molecule has 1 aromatic heterocycles. The molecule has 3 saturated heterocycles. The van der Waals surface area contributed by atoms with E-state index < -0.39 is 0 Å². The SMILES string of the molecule is Clc1cccc(NC2CN3CCC2CC3)c1-n1cncn1. The van der Waals surface area contributed by atoms with Crippen molar-refractivity contribution in [1.82, 2.24) is 19.7 Å². The standard InChI is InChI=1S/C15H18ClN5/c16-12-2-1-3-13(15(12)21-10-17-9-18-21)19-14-8-20-6-4-11(14)5-7-20/h1-3,9-11,14,19H,4-8H2. The van der Waals surface area contributed by atoms with Gasteiger partial charge in [0, 0.05) is 12.6 Å². The highest BCUT2D eigenvalue weighted by molar-refractivity contribution is 6.33. The number of benzene rings is 1. The molecule has 0 amide bonds. The Hall–Kier alpha value is -1.59. The van der Waals surface area contributed by atoms with Gasteiger partial charge in [0.1, 0.15) is 18.3 Å². The average molecular weight is 304 g/mol. The molecule has 4 heterocycles. The number of rotatable bonds is 3. The summed E-state index contributed by atoms with van der Waals surface area (Å²) in [5, 5.41) is 8.60. The molecule has 5 rings (SSSR count). The highest BCUT2D eigenvalue weighted by Crippen LogP contribution is 2.33. The van der Waals surface area contributed by atoms with Gasteiger partial charge in [0.15, 0.2) is 0 Å². The summed E-state index contributed by atoms with van der Waals surface area (Å²) in [6.07, 6.45) is 5.79. The zero-order valence-corrected chi connectivity index (χ0v) is 12.5. The van der Waals surface area contributed by atoms with Crippen molar-refractivity contribution in [1.29, 1.82) is 0 Å². The minimum Gasteiger partial charge on any atom is -0.379 e. The van der Waals surface area contributed by atoms with E-state index in [0.717, 1.165) is 23.8 Å². The topological polar surface area (TPSA) is 46.0 Å². The van der Waals surface area contributed by atoms with Crippen molar-refractivity contribution >= 4 is 17.3 Å². The molecule has 6 heteroatoms. The van der Waals surface area contributed by atoms with E-state index in [-0.39, 0.29) is 0 Å². The lowest BCUT2D eigenvalue weighted by Crippen LogP contribution is -2.53. The fourth-order valence-electron chi connectivity index (χ4n) is 3.52. The lowest BCUT2D eigenvalue weighted by molar-refractivity contribution is 0.0975. The van der Waals surface area contributed by atoms with Crippen LogP contribution < -0.4 is 5.32 Å². The molecular formula is C15H18ClN5. The van der Waals surface area contributed by atoms with Gasteiger partial charge in [-0.25, -0.2) is 9.67 Å². The van der Waals surface area contributed by atoms with Crippen molar-refractivity contribution < 1.29 is 0 Å². The average Bonchev–Trinajstić information content (AvgIpc) is 3.02. The van der Waals surface area contributed by atoms with Crippen molar-refractivity contribution in [2.75, 3.05) is 25.0 Å². The predicted molar refractivity (Wildman–Crippen MR) is 82.9 cm³/mol. The van der Waals surface area contributed by atoms with Crippen LogP contribution in [0.25, 0.3) is 5.69 Å². The van der Waals surface area contributed by atoms with Gasteiger partial charge in [-0.2, -0.15) is 5.10 Å². The maximum Gasteiger partial charge on any atom is 0.138 e. The third-order valence-electron chi connectivity index (χ3n) is 4.63. The third kappa shape index (κ3) is 2.40. The van der Waals surface area contributed by atoms with Gasteiger partial charge in [-0.05, 0) is 44.0 Å². The van der Waals surface area contributed by atoms with Crippen molar-refractivity contribution in [3.8, 4) is 5.69 Å². The first-order valence-corrected chi connectivity index (χ1v) is 7.81. The lowest BCUT2D eigenvalue weighted by atomic mass is 9.84. The van der Waals surface area contributed by atoms with Crippen LogP contribution in [0.2, 0.25) is 5.02 Å². The van der Waals surface area contributed by atoms with Crippen LogP contribution in [0.3, 0.4) is 0 Å². The Balaban J connectivity index is 1.65. The van der Waals surface area contributed by atoms with Crippen molar-refractivity contribution in [2.45, 2.75) is 18.9 Å². The monoisotopic (exact) mass is 303 g/mol. The fourth-order valence-corrected chi connectivity index (χ4v) is 3.78.